The summed E-state index contributed by atoms with van der Waals surface area (Å²) in [6, 6.07) is 7.97. The van der Waals surface area contributed by atoms with Gasteiger partial charge in [-0.15, -0.1) is 0 Å². The van der Waals surface area contributed by atoms with E-state index in [2.05, 4.69) is 16.4 Å². The molecule has 27 heavy (non-hydrogen) atoms. The minimum atomic E-state index is -0.574. The maximum atomic E-state index is 12.3. The number of alkyl carbamates (subject to hydrolysis) is 1. The monoisotopic (exact) mass is 391 g/mol. The maximum Gasteiger partial charge on any atom is 0.408 e. The van der Waals surface area contributed by atoms with E-state index in [1.165, 1.54) is 5.69 Å². The number of amides is 2. The first kappa shape index (κ1) is 19.5. The van der Waals surface area contributed by atoms with Crippen LogP contribution in [-0.4, -0.2) is 47.1 Å². The number of nitrogens with one attached hydrogen (secondary N) is 2. The van der Waals surface area contributed by atoms with E-state index in [0.717, 1.165) is 28.8 Å². The average Bonchev–Trinajstić information content (AvgIpc) is 3.01. The third-order valence-corrected chi connectivity index (χ3v) is 4.91. The van der Waals surface area contributed by atoms with Gasteiger partial charge in [0.2, 0.25) is 5.91 Å². The van der Waals surface area contributed by atoms with Crippen LogP contribution in [0.4, 0.5) is 4.79 Å². The van der Waals surface area contributed by atoms with Gasteiger partial charge in [-0.1, -0.05) is 11.6 Å². The Kier molecular flexibility index (Phi) is 5.65. The van der Waals surface area contributed by atoms with E-state index in [1.807, 2.05) is 18.2 Å². The molecule has 0 saturated carbocycles. The zero-order chi connectivity index (χ0) is 19.6. The predicted molar refractivity (Wildman–Crippen MR) is 106 cm³/mol. The Balaban J connectivity index is 1.50. The number of aromatic amines is 1. The number of rotatable bonds is 3. The van der Waals surface area contributed by atoms with Gasteiger partial charge in [-0.3, -0.25) is 4.79 Å². The van der Waals surface area contributed by atoms with Gasteiger partial charge in [-0.25, -0.2) is 4.79 Å². The molecule has 2 heterocycles. The number of fused-ring (bicyclic) bond motifs is 1. The lowest BCUT2D eigenvalue weighted by atomic mass is 9.93. The molecule has 1 saturated heterocycles. The van der Waals surface area contributed by atoms with E-state index in [-0.39, 0.29) is 12.5 Å². The molecular weight excluding hydrogens is 366 g/mol. The topological polar surface area (TPSA) is 74.4 Å². The fourth-order valence-corrected chi connectivity index (χ4v) is 3.54. The summed E-state index contributed by atoms with van der Waals surface area (Å²) in [5, 5.41) is 4.37. The molecule has 7 heteroatoms. The van der Waals surface area contributed by atoms with Gasteiger partial charge in [-0.05, 0) is 57.9 Å². The zero-order valence-electron chi connectivity index (χ0n) is 16.0. The Morgan fingerprint density at radius 2 is 1.96 bits per heavy atom. The third-order valence-electron chi connectivity index (χ3n) is 4.67. The minimum absolute atomic E-state index is 0.0372. The zero-order valence-corrected chi connectivity index (χ0v) is 16.7. The fraction of sp³-hybridized carbons (Fsp3) is 0.500. The second-order valence-corrected chi connectivity index (χ2v) is 8.40. The molecule has 146 valence electrons. The van der Waals surface area contributed by atoms with Crippen molar-refractivity contribution in [2.45, 2.75) is 45.1 Å². The second kappa shape index (κ2) is 7.80. The summed E-state index contributed by atoms with van der Waals surface area (Å²) < 4.78 is 5.15. The quantitative estimate of drug-likeness (QED) is 0.828. The van der Waals surface area contributed by atoms with E-state index in [4.69, 9.17) is 16.3 Å². The third kappa shape index (κ3) is 5.16. The lowest BCUT2D eigenvalue weighted by molar-refractivity contribution is -0.131. The Morgan fingerprint density at radius 1 is 1.26 bits per heavy atom. The molecule has 1 aromatic heterocycles. The number of hydrogen-bond donors (Lipinski definition) is 2. The number of hydrogen-bond acceptors (Lipinski definition) is 3. The number of likely N-dealkylation sites (tertiary alicyclic amines) is 1. The van der Waals surface area contributed by atoms with Crippen molar-refractivity contribution >= 4 is 34.5 Å². The van der Waals surface area contributed by atoms with E-state index in [9.17, 15) is 9.59 Å². The van der Waals surface area contributed by atoms with Crippen LogP contribution < -0.4 is 5.32 Å². The number of aromatic nitrogens is 1. The van der Waals surface area contributed by atoms with Gasteiger partial charge < -0.3 is 19.9 Å². The van der Waals surface area contributed by atoms with Crippen LogP contribution >= 0.6 is 11.6 Å². The van der Waals surface area contributed by atoms with Crippen LogP contribution in [0.15, 0.2) is 24.3 Å². The second-order valence-electron chi connectivity index (χ2n) is 7.97. The van der Waals surface area contributed by atoms with E-state index >= 15 is 0 Å². The van der Waals surface area contributed by atoms with Crippen LogP contribution in [0.25, 0.3) is 10.9 Å². The Morgan fingerprint density at radius 3 is 2.63 bits per heavy atom. The highest BCUT2D eigenvalue weighted by molar-refractivity contribution is 6.31. The smallest absolute Gasteiger partial charge is 0.408 e. The molecule has 0 aliphatic carbocycles. The molecule has 2 amide bonds. The summed E-state index contributed by atoms with van der Waals surface area (Å²) >= 11 is 6.06. The van der Waals surface area contributed by atoms with Crippen molar-refractivity contribution in [2.24, 2.45) is 0 Å². The molecule has 1 aliphatic heterocycles. The number of nitrogens with zero attached hydrogens (tertiary/aromatic N) is 1. The van der Waals surface area contributed by atoms with Crippen molar-refractivity contribution in [3.63, 3.8) is 0 Å². The Hall–Kier alpha value is -2.21. The predicted octanol–water partition coefficient (Wildman–Crippen LogP) is 4.05. The minimum Gasteiger partial charge on any atom is -0.444 e. The number of piperidine rings is 1. The number of carbonyl (C=O) groups is 2. The van der Waals surface area contributed by atoms with Crippen LogP contribution in [0.2, 0.25) is 5.02 Å². The molecule has 1 aliphatic rings. The molecule has 0 spiro atoms. The molecule has 0 radical (unpaired) electrons. The average molecular weight is 392 g/mol. The highest BCUT2D eigenvalue weighted by atomic mass is 35.5. The first-order valence-electron chi connectivity index (χ1n) is 9.24. The first-order chi connectivity index (χ1) is 12.7. The van der Waals surface area contributed by atoms with Crippen molar-refractivity contribution < 1.29 is 14.3 Å². The van der Waals surface area contributed by atoms with E-state index < -0.39 is 11.7 Å². The molecule has 2 aromatic rings. The van der Waals surface area contributed by atoms with Crippen molar-refractivity contribution in [2.75, 3.05) is 19.6 Å². The molecular formula is C20H26ClN3O3. The summed E-state index contributed by atoms with van der Waals surface area (Å²) in [6.07, 6.45) is 1.21. The number of H-pyrrole nitrogens is 1. The summed E-state index contributed by atoms with van der Waals surface area (Å²) in [4.78, 5) is 29.3. The molecule has 1 fully saturated rings. The molecule has 0 unspecified atom stereocenters. The highest BCUT2D eigenvalue weighted by Crippen LogP contribution is 2.30. The number of benzene rings is 1. The van der Waals surface area contributed by atoms with Gasteiger partial charge in [-0.2, -0.15) is 0 Å². The van der Waals surface area contributed by atoms with Gasteiger partial charge in [0.15, 0.2) is 0 Å². The molecule has 0 bridgehead atoms. The van der Waals surface area contributed by atoms with Gasteiger partial charge in [0.25, 0.3) is 0 Å². The molecule has 0 atom stereocenters. The van der Waals surface area contributed by atoms with Crippen LogP contribution in [-0.2, 0) is 9.53 Å². The Labute approximate surface area is 164 Å². The van der Waals surface area contributed by atoms with Gasteiger partial charge in [0, 0.05) is 40.6 Å². The number of halogens is 1. The van der Waals surface area contributed by atoms with E-state index in [0.29, 0.717) is 19.0 Å². The number of carbonyl (C=O) groups excluding carboxylic acids is 2. The van der Waals surface area contributed by atoms with Gasteiger partial charge in [0.05, 0.1) is 0 Å². The summed E-state index contributed by atoms with van der Waals surface area (Å²) in [5.41, 5.74) is 1.69. The fourth-order valence-electron chi connectivity index (χ4n) is 3.36. The normalized spacial score (nSPS) is 15.8. The lowest BCUT2D eigenvalue weighted by Crippen LogP contribution is -2.44. The summed E-state index contributed by atoms with van der Waals surface area (Å²) in [7, 11) is 0. The van der Waals surface area contributed by atoms with Crippen molar-refractivity contribution in [1.82, 2.24) is 15.2 Å². The van der Waals surface area contributed by atoms with Crippen molar-refractivity contribution in [3.8, 4) is 0 Å². The van der Waals surface area contributed by atoms with Crippen molar-refractivity contribution in [3.05, 3.63) is 35.0 Å². The van der Waals surface area contributed by atoms with Crippen molar-refractivity contribution in [1.29, 1.82) is 0 Å². The van der Waals surface area contributed by atoms with Crippen LogP contribution in [0.5, 0.6) is 0 Å². The Bertz CT molecular complexity index is 833. The van der Waals surface area contributed by atoms with Crippen LogP contribution in [0, 0.1) is 0 Å². The van der Waals surface area contributed by atoms with Gasteiger partial charge in [0.1, 0.15) is 12.1 Å². The highest BCUT2D eigenvalue weighted by Gasteiger charge is 2.25. The molecule has 3 rings (SSSR count). The molecule has 6 nitrogen and oxygen atoms in total. The summed E-state index contributed by atoms with van der Waals surface area (Å²) in [5.74, 6) is 0.307. The lowest BCUT2D eigenvalue weighted by Gasteiger charge is -2.31. The summed E-state index contributed by atoms with van der Waals surface area (Å²) in [6.45, 7) is 6.68. The first-order valence-corrected chi connectivity index (χ1v) is 9.62. The maximum absolute atomic E-state index is 12.3. The largest absolute Gasteiger partial charge is 0.444 e. The van der Waals surface area contributed by atoms with Crippen LogP contribution in [0.3, 0.4) is 0 Å². The molecule has 1 aromatic carbocycles. The standard InChI is InChI=1S/C20H26ClN3O3/c1-20(2,3)27-19(26)22-12-18(25)24-8-6-13(7-9-24)17-11-14-10-15(21)4-5-16(14)23-17/h4-5,10-11,13,23H,6-9,12H2,1-3H3,(H,22,26). The number of ether oxygens (including phenoxy) is 1. The van der Waals surface area contributed by atoms with Crippen LogP contribution in [0.1, 0.15) is 45.2 Å². The molecule has 2 N–H and O–H groups in total. The van der Waals surface area contributed by atoms with Gasteiger partial charge >= 0.3 is 6.09 Å². The SMILES string of the molecule is CC(C)(C)OC(=O)NCC(=O)N1CCC(c2cc3cc(Cl)ccc3[nH]2)CC1. The van der Waals surface area contributed by atoms with E-state index in [1.54, 1.807) is 25.7 Å².